The average molecular weight is 537 g/mol. The minimum Gasteiger partial charge on any atom is -0.487 e. The topological polar surface area (TPSA) is 99.8 Å². The second-order valence-electron chi connectivity index (χ2n) is 11.4. The van der Waals surface area contributed by atoms with E-state index in [0.29, 0.717) is 31.6 Å². The molecule has 2 aliphatic heterocycles. The van der Waals surface area contributed by atoms with E-state index in [1.165, 1.54) is 0 Å². The molecule has 3 amide bonds. The zero-order valence-corrected chi connectivity index (χ0v) is 24.1. The SMILES string of the molecule is CC(C)C[C@@H]1NC(=O)[C@@H](NC(=O)[C@H](Cc2ccccc2)N(C)C)[C@H](C(C)C)Oc2ccc(cc2)CCNC1=O. The van der Waals surface area contributed by atoms with Crippen molar-refractivity contribution in [2.75, 3.05) is 20.6 Å². The van der Waals surface area contributed by atoms with Crippen molar-refractivity contribution in [2.45, 2.75) is 71.2 Å². The highest BCUT2D eigenvalue weighted by Gasteiger charge is 2.38. The summed E-state index contributed by atoms with van der Waals surface area (Å²) in [5, 5.41) is 8.92. The Morgan fingerprint density at radius 2 is 1.67 bits per heavy atom. The van der Waals surface area contributed by atoms with Crippen molar-refractivity contribution in [1.29, 1.82) is 0 Å². The van der Waals surface area contributed by atoms with Crippen molar-refractivity contribution < 1.29 is 19.1 Å². The Kier molecular flexibility index (Phi) is 10.9. The molecule has 0 radical (unpaired) electrons. The number of nitrogens with one attached hydrogen (secondary N) is 3. The predicted octanol–water partition coefficient (Wildman–Crippen LogP) is 2.95. The van der Waals surface area contributed by atoms with E-state index in [4.69, 9.17) is 4.74 Å². The van der Waals surface area contributed by atoms with Gasteiger partial charge in [-0.05, 0) is 68.5 Å². The Morgan fingerprint density at radius 1 is 1.00 bits per heavy atom. The Morgan fingerprint density at radius 3 is 2.26 bits per heavy atom. The highest BCUT2D eigenvalue weighted by molar-refractivity contribution is 5.93. The predicted molar refractivity (Wildman–Crippen MR) is 153 cm³/mol. The number of hydrogen-bond donors (Lipinski definition) is 3. The molecular weight excluding hydrogens is 492 g/mol. The van der Waals surface area contributed by atoms with Crippen LogP contribution in [0.3, 0.4) is 0 Å². The lowest BCUT2D eigenvalue weighted by molar-refractivity contribution is -0.136. The van der Waals surface area contributed by atoms with E-state index in [9.17, 15) is 14.4 Å². The molecule has 2 heterocycles. The molecule has 0 saturated heterocycles. The number of benzene rings is 2. The van der Waals surface area contributed by atoms with E-state index in [1.54, 1.807) is 0 Å². The van der Waals surface area contributed by atoms with Crippen molar-refractivity contribution in [3.8, 4) is 5.75 Å². The van der Waals surface area contributed by atoms with Gasteiger partial charge >= 0.3 is 0 Å². The van der Waals surface area contributed by atoms with Crippen LogP contribution >= 0.6 is 0 Å². The second kappa shape index (κ2) is 14.1. The number of amides is 3. The van der Waals surface area contributed by atoms with Crippen LogP contribution in [0.1, 0.15) is 45.2 Å². The molecule has 39 heavy (non-hydrogen) atoms. The van der Waals surface area contributed by atoms with Crippen LogP contribution in [0.2, 0.25) is 0 Å². The summed E-state index contributed by atoms with van der Waals surface area (Å²) in [6.45, 7) is 8.40. The van der Waals surface area contributed by atoms with Crippen molar-refractivity contribution >= 4 is 17.7 Å². The molecule has 8 heteroatoms. The first-order chi connectivity index (χ1) is 18.5. The zero-order valence-electron chi connectivity index (χ0n) is 24.1. The molecule has 2 aliphatic rings. The number of carbonyl (C=O) groups is 3. The number of likely N-dealkylation sites (N-methyl/N-ethyl adjacent to an activating group) is 1. The molecule has 2 bridgehead atoms. The highest BCUT2D eigenvalue weighted by atomic mass is 16.5. The molecule has 0 fully saturated rings. The Balaban J connectivity index is 1.96. The van der Waals surface area contributed by atoms with Crippen LogP contribution < -0.4 is 20.7 Å². The summed E-state index contributed by atoms with van der Waals surface area (Å²) in [5.74, 6) is -0.252. The molecule has 4 rings (SSSR count). The summed E-state index contributed by atoms with van der Waals surface area (Å²) in [6.07, 6.45) is 0.979. The summed E-state index contributed by atoms with van der Waals surface area (Å²) in [7, 11) is 3.70. The maximum atomic E-state index is 13.9. The lowest BCUT2D eigenvalue weighted by Crippen LogP contribution is -2.62. The fraction of sp³-hybridized carbons (Fsp3) is 0.516. The van der Waals surface area contributed by atoms with Gasteiger partial charge in [-0.1, -0.05) is 70.2 Å². The van der Waals surface area contributed by atoms with E-state index >= 15 is 0 Å². The van der Waals surface area contributed by atoms with E-state index in [0.717, 1.165) is 11.1 Å². The Labute approximate surface area is 232 Å². The fourth-order valence-electron chi connectivity index (χ4n) is 4.79. The first kappa shape index (κ1) is 30.2. The Hall–Kier alpha value is -3.39. The summed E-state index contributed by atoms with van der Waals surface area (Å²) < 4.78 is 6.37. The third-order valence-electron chi connectivity index (χ3n) is 7.01. The van der Waals surface area contributed by atoms with Crippen molar-refractivity contribution in [3.63, 3.8) is 0 Å². The number of fused-ring (bicyclic) bond motifs is 11. The molecule has 3 N–H and O–H groups in total. The lowest BCUT2D eigenvalue weighted by Gasteiger charge is -2.34. The Bertz CT molecular complexity index is 1090. The number of ether oxygens (including phenoxy) is 1. The first-order valence-electron chi connectivity index (χ1n) is 13.9. The molecule has 212 valence electrons. The molecular formula is C31H44N4O4. The van der Waals surface area contributed by atoms with Gasteiger partial charge in [-0.3, -0.25) is 19.3 Å². The lowest BCUT2D eigenvalue weighted by atomic mass is 9.96. The third kappa shape index (κ3) is 8.82. The summed E-state index contributed by atoms with van der Waals surface area (Å²) >= 11 is 0. The quantitative estimate of drug-likeness (QED) is 0.482. The van der Waals surface area contributed by atoms with Crippen LogP contribution in [-0.2, 0) is 27.2 Å². The van der Waals surface area contributed by atoms with E-state index in [1.807, 2.05) is 101 Å². The van der Waals surface area contributed by atoms with Crippen LogP contribution in [0, 0.1) is 11.8 Å². The minimum absolute atomic E-state index is 0.113. The molecule has 0 aromatic heterocycles. The molecule has 4 atom stereocenters. The minimum atomic E-state index is -1.01. The highest BCUT2D eigenvalue weighted by Crippen LogP contribution is 2.21. The first-order valence-corrected chi connectivity index (χ1v) is 13.9. The van der Waals surface area contributed by atoms with Crippen LogP contribution in [0.15, 0.2) is 54.6 Å². The van der Waals surface area contributed by atoms with Crippen molar-refractivity contribution in [3.05, 3.63) is 65.7 Å². The average Bonchev–Trinajstić information content (AvgIpc) is 2.89. The van der Waals surface area contributed by atoms with Gasteiger partial charge in [0.2, 0.25) is 17.7 Å². The van der Waals surface area contributed by atoms with Gasteiger partial charge in [0.25, 0.3) is 0 Å². The van der Waals surface area contributed by atoms with Gasteiger partial charge in [-0.15, -0.1) is 0 Å². The molecule has 2 aromatic rings. The van der Waals surface area contributed by atoms with Crippen LogP contribution in [0.5, 0.6) is 5.75 Å². The number of nitrogens with zero attached hydrogens (tertiary/aromatic N) is 1. The van der Waals surface area contributed by atoms with Crippen LogP contribution in [0.25, 0.3) is 0 Å². The van der Waals surface area contributed by atoms with Crippen LogP contribution in [0.4, 0.5) is 0 Å². The van der Waals surface area contributed by atoms with E-state index < -0.39 is 30.1 Å². The van der Waals surface area contributed by atoms with Gasteiger partial charge in [0.05, 0.1) is 6.04 Å². The van der Waals surface area contributed by atoms with E-state index in [-0.39, 0.29) is 23.7 Å². The fourth-order valence-corrected chi connectivity index (χ4v) is 4.79. The third-order valence-corrected chi connectivity index (χ3v) is 7.01. The van der Waals surface area contributed by atoms with Gasteiger partial charge in [0.15, 0.2) is 0 Å². The maximum Gasteiger partial charge on any atom is 0.247 e. The van der Waals surface area contributed by atoms with Gasteiger partial charge in [-0.25, -0.2) is 0 Å². The number of hydrogen-bond acceptors (Lipinski definition) is 5. The van der Waals surface area contributed by atoms with Gasteiger partial charge < -0.3 is 20.7 Å². The molecule has 0 aliphatic carbocycles. The monoisotopic (exact) mass is 536 g/mol. The summed E-state index contributed by atoms with van der Waals surface area (Å²) in [6, 6.07) is 15.2. The summed E-state index contributed by atoms with van der Waals surface area (Å²) in [4.78, 5) is 42.6. The molecule has 0 spiro atoms. The summed E-state index contributed by atoms with van der Waals surface area (Å²) in [5.41, 5.74) is 2.09. The largest absolute Gasteiger partial charge is 0.487 e. The van der Waals surface area contributed by atoms with E-state index in [2.05, 4.69) is 16.0 Å². The standard InChI is InChI=1S/C31H44N4O4/c1-20(2)18-25-29(36)32-17-16-22-12-14-24(15-13-22)39-28(21(3)4)27(31(38)33-25)34-30(37)26(35(5)6)19-23-10-8-7-9-11-23/h7-15,20-21,25-28H,16-19H2,1-6H3,(H,32,36)(H,33,38)(H,34,37)/t25-,26-,27-,28-/m0/s1. The van der Waals surface area contributed by atoms with Crippen LogP contribution in [-0.4, -0.2) is 67.5 Å². The maximum absolute atomic E-state index is 13.9. The smallest absolute Gasteiger partial charge is 0.247 e. The van der Waals surface area contributed by atoms with Gasteiger partial charge in [0.1, 0.15) is 23.9 Å². The second-order valence-corrected chi connectivity index (χ2v) is 11.4. The normalized spacial score (nSPS) is 21.2. The van der Waals surface area contributed by atoms with Gasteiger partial charge in [-0.2, -0.15) is 0 Å². The van der Waals surface area contributed by atoms with Gasteiger partial charge in [0, 0.05) is 6.54 Å². The molecule has 0 saturated carbocycles. The zero-order chi connectivity index (χ0) is 28.5. The molecule has 2 aromatic carbocycles. The van der Waals surface area contributed by atoms with Crippen molar-refractivity contribution in [2.24, 2.45) is 11.8 Å². The van der Waals surface area contributed by atoms with Crippen molar-refractivity contribution in [1.82, 2.24) is 20.9 Å². The number of rotatable bonds is 8. The number of carbonyl (C=O) groups excluding carboxylic acids is 3. The molecule has 0 unspecified atom stereocenters. The molecule has 8 nitrogen and oxygen atoms in total.